The van der Waals surface area contributed by atoms with E-state index in [4.69, 9.17) is 23.2 Å². The van der Waals surface area contributed by atoms with Crippen LogP contribution in [0.4, 0.5) is 0 Å². The van der Waals surface area contributed by atoms with Gasteiger partial charge in [0.25, 0.3) is 0 Å². The molecule has 2 rings (SSSR count). The van der Waals surface area contributed by atoms with Gasteiger partial charge in [0, 0.05) is 18.5 Å². The van der Waals surface area contributed by atoms with Crippen molar-refractivity contribution in [1.29, 1.82) is 0 Å². The van der Waals surface area contributed by atoms with Crippen LogP contribution in [0, 0.1) is 0 Å². The molecule has 2 N–H and O–H groups in total. The first-order chi connectivity index (χ1) is 9.56. The fraction of sp³-hybridized carbons (Fsp3) is 0.643. The number of hydrogen-bond donors (Lipinski definition) is 2. The average molecular weight is 372 g/mol. The molecule has 1 amide bonds. The minimum Gasteiger partial charge on any atom is -0.352 e. The maximum atomic E-state index is 11.9. The van der Waals surface area contributed by atoms with Crippen LogP contribution in [-0.2, 0) is 11.2 Å². The topological polar surface area (TPSA) is 41.1 Å². The second-order valence-electron chi connectivity index (χ2n) is 5.26. The molecule has 0 radical (unpaired) electrons. The van der Waals surface area contributed by atoms with Gasteiger partial charge in [-0.2, -0.15) is 0 Å². The third-order valence-electron chi connectivity index (χ3n) is 3.69. The molecule has 21 heavy (non-hydrogen) atoms. The minimum absolute atomic E-state index is 0. The zero-order valence-electron chi connectivity index (χ0n) is 12.0. The first kappa shape index (κ1) is 19.0. The molecule has 1 aromatic rings. The Bertz CT molecular complexity index is 467. The van der Waals surface area contributed by atoms with E-state index in [0.717, 1.165) is 42.1 Å². The Morgan fingerprint density at radius 1 is 1.52 bits per heavy atom. The smallest absolute Gasteiger partial charge is 0.220 e. The Kier molecular flexibility index (Phi) is 8.35. The lowest BCUT2D eigenvalue weighted by Gasteiger charge is -2.30. The number of amides is 1. The van der Waals surface area contributed by atoms with Crippen LogP contribution in [0.5, 0.6) is 0 Å². The van der Waals surface area contributed by atoms with E-state index >= 15 is 0 Å². The predicted molar refractivity (Wildman–Crippen MR) is 93.2 cm³/mol. The number of halogens is 3. The van der Waals surface area contributed by atoms with E-state index in [1.807, 2.05) is 6.07 Å². The second-order valence-corrected chi connectivity index (χ2v) is 7.55. The molecule has 0 aliphatic carbocycles. The van der Waals surface area contributed by atoms with E-state index in [-0.39, 0.29) is 24.4 Å². The molecule has 3 nitrogen and oxygen atoms in total. The SMILES string of the molecule is CC1NCCCC1NC(=O)CCCc1cc(Cl)sc1Cl.Cl. The third-order valence-corrected chi connectivity index (χ3v) is 5.25. The van der Waals surface area contributed by atoms with Gasteiger partial charge in [-0.1, -0.05) is 23.2 Å². The molecule has 0 bridgehead atoms. The van der Waals surface area contributed by atoms with E-state index in [0.29, 0.717) is 16.8 Å². The summed E-state index contributed by atoms with van der Waals surface area (Å²) in [5, 5.41) is 6.50. The van der Waals surface area contributed by atoms with Gasteiger partial charge in [0.05, 0.1) is 8.67 Å². The Hall–Kier alpha value is -0.000000000000000222. The van der Waals surface area contributed by atoms with Crippen LogP contribution in [0.3, 0.4) is 0 Å². The van der Waals surface area contributed by atoms with Crippen molar-refractivity contribution in [2.75, 3.05) is 6.54 Å². The van der Waals surface area contributed by atoms with Gasteiger partial charge in [0.15, 0.2) is 0 Å². The maximum absolute atomic E-state index is 11.9. The van der Waals surface area contributed by atoms with Gasteiger partial charge in [-0.15, -0.1) is 23.7 Å². The highest BCUT2D eigenvalue weighted by Gasteiger charge is 2.22. The highest BCUT2D eigenvalue weighted by atomic mass is 35.5. The van der Waals surface area contributed by atoms with Crippen molar-refractivity contribution in [3.8, 4) is 0 Å². The summed E-state index contributed by atoms with van der Waals surface area (Å²) < 4.78 is 1.44. The Labute approximate surface area is 146 Å². The van der Waals surface area contributed by atoms with Crippen molar-refractivity contribution in [3.05, 3.63) is 20.3 Å². The molecule has 1 aliphatic heterocycles. The molecular weight excluding hydrogens is 351 g/mol. The zero-order chi connectivity index (χ0) is 14.5. The molecule has 1 saturated heterocycles. The van der Waals surface area contributed by atoms with E-state index in [1.54, 1.807) is 0 Å². The quantitative estimate of drug-likeness (QED) is 0.819. The van der Waals surface area contributed by atoms with Crippen molar-refractivity contribution in [2.24, 2.45) is 0 Å². The fourth-order valence-electron chi connectivity index (χ4n) is 2.50. The van der Waals surface area contributed by atoms with Crippen LogP contribution < -0.4 is 10.6 Å². The Morgan fingerprint density at radius 2 is 2.29 bits per heavy atom. The number of hydrogen-bond acceptors (Lipinski definition) is 3. The molecule has 2 unspecified atom stereocenters. The molecule has 0 saturated carbocycles. The second kappa shape index (κ2) is 9.21. The highest BCUT2D eigenvalue weighted by Crippen LogP contribution is 2.32. The summed E-state index contributed by atoms with van der Waals surface area (Å²) >= 11 is 13.3. The number of piperidine rings is 1. The Balaban J connectivity index is 0.00000220. The average Bonchev–Trinajstić information content (AvgIpc) is 2.71. The van der Waals surface area contributed by atoms with Crippen LogP contribution in [0.15, 0.2) is 6.07 Å². The van der Waals surface area contributed by atoms with E-state index in [1.165, 1.54) is 11.3 Å². The van der Waals surface area contributed by atoms with Gasteiger partial charge in [0.2, 0.25) is 5.91 Å². The summed E-state index contributed by atoms with van der Waals surface area (Å²) in [6, 6.07) is 2.51. The van der Waals surface area contributed by atoms with Crippen LogP contribution in [-0.4, -0.2) is 24.5 Å². The number of thiophene rings is 1. The standard InChI is InChI=1S/C14H20Cl2N2OS.ClH/c1-9-11(5-3-7-17-9)18-13(19)6-2-4-10-8-12(15)20-14(10)16;/h8-9,11,17H,2-7H2,1H3,(H,18,19);1H. The number of aryl methyl sites for hydroxylation is 1. The van der Waals surface area contributed by atoms with Gasteiger partial charge in [-0.05, 0) is 50.8 Å². The van der Waals surface area contributed by atoms with Gasteiger partial charge in [-0.3, -0.25) is 4.79 Å². The molecule has 1 aliphatic rings. The third kappa shape index (κ3) is 5.95. The summed E-state index contributed by atoms with van der Waals surface area (Å²) in [5.74, 6) is 0.128. The van der Waals surface area contributed by atoms with Gasteiger partial charge in [0.1, 0.15) is 0 Å². The molecule has 120 valence electrons. The van der Waals surface area contributed by atoms with Crippen LogP contribution in [0.25, 0.3) is 0 Å². The van der Waals surface area contributed by atoms with E-state index in [9.17, 15) is 4.79 Å². The maximum Gasteiger partial charge on any atom is 0.220 e. The summed E-state index contributed by atoms with van der Waals surface area (Å²) in [5.41, 5.74) is 1.04. The lowest BCUT2D eigenvalue weighted by molar-refractivity contribution is -0.122. The monoisotopic (exact) mass is 370 g/mol. The lowest BCUT2D eigenvalue weighted by Crippen LogP contribution is -2.51. The largest absolute Gasteiger partial charge is 0.352 e. The zero-order valence-corrected chi connectivity index (χ0v) is 15.1. The fourth-order valence-corrected chi connectivity index (χ4v) is 4.05. The molecule has 1 aromatic heterocycles. The number of carbonyl (C=O) groups excluding carboxylic acids is 1. The number of nitrogens with one attached hydrogen (secondary N) is 2. The molecule has 2 atom stereocenters. The van der Waals surface area contributed by atoms with Crippen molar-refractivity contribution < 1.29 is 4.79 Å². The van der Waals surface area contributed by atoms with Crippen molar-refractivity contribution in [2.45, 2.75) is 51.1 Å². The van der Waals surface area contributed by atoms with Gasteiger partial charge < -0.3 is 10.6 Å². The summed E-state index contributed by atoms with van der Waals surface area (Å²) in [7, 11) is 0. The van der Waals surface area contributed by atoms with Gasteiger partial charge >= 0.3 is 0 Å². The Morgan fingerprint density at radius 3 is 2.90 bits per heavy atom. The van der Waals surface area contributed by atoms with Crippen molar-refractivity contribution in [3.63, 3.8) is 0 Å². The highest BCUT2D eigenvalue weighted by molar-refractivity contribution is 7.20. The van der Waals surface area contributed by atoms with Gasteiger partial charge in [-0.25, -0.2) is 0 Å². The summed E-state index contributed by atoms with van der Waals surface area (Å²) in [6.45, 7) is 3.17. The molecular formula is C14H21Cl3N2OS. The molecule has 1 fully saturated rings. The van der Waals surface area contributed by atoms with E-state index in [2.05, 4.69) is 17.6 Å². The molecule has 0 aromatic carbocycles. The van der Waals surface area contributed by atoms with Crippen LogP contribution >= 0.6 is 46.9 Å². The first-order valence-corrected chi connectivity index (χ1v) is 8.60. The van der Waals surface area contributed by atoms with E-state index < -0.39 is 0 Å². The van der Waals surface area contributed by atoms with Crippen molar-refractivity contribution in [1.82, 2.24) is 10.6 Å². The normalized spacial score (nSPS) is 21.7. The molecule has 2 heterocycles. The molecule has 7 heteroatoms. The predicted octanol–water partition coefficient (Wildman–Crippen LogP) is 4.06. The summed E-state index contributed by atoms with van der Waals surface area (Å²) in [6.07, 6.45) is 4.32. The van der Waals surface area contributed by atoms with Crippen LogP contribution in [0.2, 0.25) is 8.67 Å². The van der Waals surface area contributed by atoms with Crippen molar-refractivity contribution >= 4 is 52.9 Å². The number of carbonyl (C=O) groups is 1. The minimum atomic E-state index is 0. The lowest BCUT2D eigenvalue weighted by atomic mass is 9.99. The molecule has 0 spiro atoms. The number of rotatable bonds is 5. The first-order valence-electron chi connectivity index (χ1n) is 7.02. The van der Waals surface area contributed by atoms with Crippen LogP contribution in [0.1, 0.15) is 38.2 Å². The summed E-state index contributed by atoms with van der Waals surface area (Å²) in [4.78, 5) is 11.9.